The number of aromatic nitrogens is 1. The number of carbonyl (C=O) groups excluding carboxylic acids is 1. The third kappa shape index (κ3) is 4.98. The van der Waals surface area contributed by atoms with Crippen LogP contribution >= 0.6 is 23.2 Å². The van der Waals surface area contributed by atoms with Crippen LogP contribution in [0.1, 0.15) is 21.5 Å². The van der Waals surface area contributed by atoms with Crippen molar-refractivity contribution in [2.24, 2.45) is 0 Å². The molecule has 0 saturated carbocycles. The molecular weight excluding hydrogens is 466 g/mol. The number of carbonyl (C=O) groups is 1. The fourth-order valence-corrected chi connectivity index (χ4v) is 4.77. The minimum absolute atomic E-state index is 0.0653. The van der Waals surface area contributed by atoms with Crippen LogP contribution in [0.25, 0.3) is 0 Å². The van der Waals surface area contributed by atoms with Crippen molar-refractivity contribution in [2.75, 3.05) is 11.4 Å². The average molecular weight is 483 g/mol. The molecular formula is C21H17Cl2FN2O4S. The van der Waals surface area contributed by atoms with Crippen LogP contribution in [0.2, 0.25) is 10.0 Å². The molecule has 0 radical (unpaired) electrons. The molecule has 1 aromatic heterocycles. The zero-order chi connectivity index (χ0) is 22.8. The number of benzene rings is 2. The molecule has 6 nitrogen and oxygen atoms in total. The van der Waals surface area contributed by atoms with Crippen LogP contribution < -0.4 is 4.31 Å². The lowest BCUT2D eigenvalue weighted by molar-refractivity contribution is 0.0600. The van der Waals surface area contributed by atoms with Gasteiger partial charge in [-0.3, -0.25) is 0 Å². The number of sulfonamides is 1. The van der Waals surface area contributed by atoms with Crippen molar-refractivity contribution in [2.45, 2.75) is 18.4 Å². The molecule has 0 aliphatic heterocycles. The predicted octanol–water partition coefficient (Wildman–Crippen LogP) is 5.02. The largest absolute Gasteiger partial charge is 0.465 e. The first-order valence-electron chi connectivity index (χ1n) is 8.90. The highest BCUT2D eigenvalue weighted by molar-refractivity contribution is 7.92. The molecule has 2 aromatic carbocycles. The van der Waals surface area contributed by atoms with E-state index < -0.39 is 21.8 Å². The Hall–Kier alpha value is -2.68. The van der Waals surface area contributed by atoms with Gasteiger partial charge in [0.15, 0.2) is 0 Å². The summed E-state index contributed by atoms with van der Waals surface area (Å²) in [7, 11) is -2.89. The van der Waals surface area contributed by atoms with E-state index >= 15 is 0 Å². The number of pyridine rings is 1. The molecule has 0 N–H and O–H groups in total. The molecule has 31 heavy (non-hydrogen) atoms. The van der Waals surface area contributed by atoms with E-state index in [1.165, 1.54) is 49.7 Å². The van der Waals surface area contributed by atoms with Crippen LogP contribution in [-0.2, 0) is 21.3 Å². The Morgan fingerprint density at radius 3 is 2.39 bits per heavy atom. The van der Waals surface area contributed by atoms with Crippen molar-refractivity contribution >= 4 is 45.0 Å². The highest BCUT2D eigenvalue weighted by atomic mass is 35.5. The number of methoxy groups -OCH3 is 1. The number of ether oxygens (including phenoxy) is 1. The van der Waals surface area contributed by atoms with Gasteiger partial charge in [-0.2, -0.15) is 0 Å². The number of nitrogens with zero attached hydrogens (tertiary/aromatic N) is 2. The van der Waals surface area contributed by atoms with E-state index in [1.54, 1.807) is 13.0 Å². The molecule has 10 heteroatoms. The van der Waals surface area contributed by atoms with Gasteiger partial charge in [0, 0.05) is 6.20 Å². The number of aryl methyl sites for hydroxylation is 1. The quantitative estimate of drug-likeness (QED) is 0.461. The number of rotatable bonds is 6. The fourth-order valence-electron chi connectivity index (χ4n) is 2.88. The normalized spacial score (nSPS) is 11.3. The second-order valence-corrected chi connectivity index (χ2v) is 9.28. The molecule has 0 bridgehead atoms. The Morgan fingerprint density at radius 1 is 1.13 bits per heavy atom. The average Bonchev–Trinajstić information content (AvgIpc) is 2.74. The topological polar surface area (TPSA) is 76.6 Å². The number of esters is 1. The first kappa shape index (κ1) is 23.0. The smallest absolute Gasteiger partial charge is 0.337 e. The Morgan fingerprint density at radius 2 is 1.81 bits per heavy atom. The van der Waals surface area contributed by atoms with Crippen molar-refractivity contribution in [3.63, 3.8) is 0 Å². The molecule has 0 atom stereocenters. The molecule has 0 unspecified atom stereocenters. The van der Waals surface area contributed by atoms with Gasteiger partial charge in [-0.25, -0.2) is 26.9 Å². The van der Waals surface area contributed by atoms with Gasteiger partial charge in [-0.15, -0.1) is 0 Å². The molecule has 0 aliphatic rings. The van der Waals surface area contributed by atoms with Gasteiger partial charge < -0.3 is 4.74 Å². The van der Waals surface area contributed by atoms with Gasteiger partial charge in [0.25, 0.3) is 10.0 Å². The second-order valence-electron chi connectivity index (χ2n) is 6.57. The SMILES string of the molecule is COC(=O)c1ccc(S(=O)(=O)N(Cc2ccc(F)c(Cl)c2)c2ncc(Cl)cc2C)cc1. The van der Waals surface area contributed by atoms with E-state index in [2.05, 4.69) is 9.72 Å². The molecule has 0 spiro atoms. The lowest BCUT2D eigenvalue weighted by Crippen LogP contribution is -2.32. The first-order valence-corrected chi connectivity index (χ1v) is 11.1. The highest BCUT2D eigenvalue weighted by Crippen LogP contribution is 2.29. The number of halogens is 3. The maximum atomic E-state index is 13.6. The van der Waals surface area contributed by atoms with Crippen LogP contribution in [0.3, 0.4) is 0 Å². The summed E-state index contributed by atoms with van der Waals surface area (Å²) >= 11 is 11.8. The van der Waals surface area contributed by atoms with Crippen LogP contribution in [-0.4, -0.2) is 26.5 Å². The maximum absolute atomic E-state index is 13.6. The Kier molecular flexibility index (Phi) is 6.83. The molecule has 0 aliphatic carbocycles. The van der Waals surface area contributed by atoms with Crippen molar-refractivity contribution in [3.05, 3.63) is 87.3 Å². The van der Waals surface area contributed by atoms with E-state index in [0.29, 0.717) is 16.1 Å². The molecule has 162 valence electrons. The van der Waals surface area contributed by atoms with Gasteiger partial charge in [-0.05, 0) is 60.5 Å². The standard InChI is InChI=1S/C21H17Cl2FN2O4S/c1-13-9-16(22)11-25-20(13)26(12-14-3-8-19(24)18(23)10-14)31(28,29)17-6-4-15(5-7-17)21(27)30-2/h3-11H,12H2,1-2H3. The molecule has 0 amide bonds. The van der Waals surface area contributed by atoms with Gasteiger partial charge in [0.1, 0.15) is 11.6 Å². The lowest BCUT2D eigenvalue weighted by atomic mass is 10.2. The second kappa shape index (κ2) is 9.21. The lowest BCUT2D eigenvalue weighted by Gasteiger charge is -2.25. The molecule has 0 fully saturated rings. The van der Waals surface area contributed by atoms with Gasteiger partial charge in [-0.1, -0.05) is 29.3 Å². The zero-order valence-corrected chi connectivity index (χ0v) is 18.8. The van der Waals surface area contributed by atoms with Crippen LogP contribution in [0.15, 0.2) is 59.6 Å². The summed E-state index contributed by atoms with van der Waals surface area (Å²) in [4.78, 5) is 15.8. The van der Waals surface area contributed by atoms with Crippen molar-refractivity contribution in [1.82, 2.24) is 4.98 Å². The van der Waals surface area contributed by atoms with E-state index in [4.69, 9.17) is 23.2 Å². The molecule has 0 saturated heterocycles. The predicted molar refractivity (Wildman–Crippen MR) is 117 cm³/mol. The van der Waals surface area contributed by atoms with Crippen molar-refractivity contribution in [1.29, 1.82) is 0 Å². The maximum Gasteiger partial charge on any atom is 0.337 e. The molecule has 3 rings (SSSR count). The van der Waals surface area contributed by atoms with Gasteiger partial charge >= 0.3 is 5.97 Å². The van der Waals surface area contributed by atoms with Crippen molar-refractivity contribution in [3.8, 4) is 0 Å². The van der Waals surface area contributed by atoms with Gasteiger partial charge in [0.2, 0.25) is 0 Å². The summed E-state index contributed by atoms with van der Waals surface area (Å²) in [5.41, 5.74) is 1.19. The Labute approximate surface area is 189 Å². The summed E-state index contributed by atoms with van der Waals surface area (Å²) in [6.45, 7) is 1.52. The highest BCUT2D eigenvalue weighted by Gasteiger charge is 2.28. The number of anilines is 1. The fraction of sp³-hybridized carbons (Fsp3) is 0.143. The minimum atomic E-state index is -4.12. The first-order chi connectivity index (χ1) is 14.6. The summed E-state index contributed by atoms with van der Waals surface area (Å²) < 4.78 is 46.3. The van der Waals surface area contributed by atoms with E-state index in [-0.39, 0.29) is 27.8 Å². The number of hydrogen-bond donors (Lipinski definition) is 0. The zero-order valence-electron chi connectivity index (χ0n) is 16.5. The minimum Gasteiger partial charge on any atom is -0.465 e. The molecule has 3 aromatic rings. The van der Waals surface area contributed by atoms with Gasteiger partial charge in [0.05, 0.1) is 34.2 Å². The van der Waals surface area contributed by atoms with E-state index in [0.717, 1.165) is 10.4 Å². The Balaban J connectivity index is 2.09. The third-order valence-corrected chi connectivity index (χ3v) is 6.67. The monoisotopic (exact) mass is 482 g/mol. The summed E-state index contributed by atoms with van der Waals surface area (Å²) in [6, 6.07) is 10.9. The molecule has 1 heterocycles. The van der Waals surface area contributed by atoms with E-state index in [9.17, 15) is 17.6 Å². The van der Waals surface area contributed by atoms with Crippen LogP contribution in [0.5, 0.6) is 0 Å². The van der Waals surface area contributed by atoms with Crippen LogP contribution in [0, 0.1) is 12.7 Å². The van der Waals surface area contributed by atoms with Crippen molar-refractivity contribution < 1.29 is 22.3 Å². The summed E-state index contributed by atoms with van der Waals surface area (Å²) in [6.07, 6.45) is 1.34. The van der Waals surface area contributed by atoms with E-state index in [1.807, 2.05) is 0 Å². The Bertz CT molecular complexity index is 1230. The number of hydrogen-bond acceptors (Lipinski definition) is 5. The van der Waals surface area contributed by atoms with Crippen LogP contribution in [0.4, 0.5) is 10.2 Å². The third-order valence-electron chi connectivity index (χ3n) is 4.43. The summed E-state index contributed by atoms with van der Waals surface area (Å²) in [5, 5.41) is 0.226. The summed E-state index contributed by atoms with van der Waals surface area (Å²) in [5.74, 6) is -1.04.